The van der Waals surface area contributed by atoms with Crippen molar-refractivity contribution in [3.05, 3.63) is 54.2 Å². The fourth-order valence-electron chi connectivity index (χ4n) is 2.43. The zero-order chi connectivity index (χ0) is 14.8. The van der Waals surface area contributed by atoms with Crippen LogP contribution in [0.2, 0.25) is 0 Å². The second-order valence-corrected chi connectivity index (χ2v) is 5.52. The van der Waals surface area contributed by atoms with Crippen molar-refractivity contribution < 1.29 is 0 Å². The minimum absolute atomic E-state index is 0.255. The van der Waals surface area contributed by atoms with Crippen molar-refractivity contribution in [2.75, 3.05) is 24.3 Å². The number of rotatable bonds is 4. The van der Waals surface area contributed by atoms with Gasteiger partial charge in [-0.3, -0.25) is 5.10 Å². The van der Waals surface area contributed by atoms with Crippen molar-refractivity contribution >= 4 is 22.3 Å². The molecule has 3 aromatic rings. The summed E-state index contributed by atoms with van der Waals surface area (Å²) in [6, 6.07) is 15.1. The van der Waals surface area contributed by atoms with Gasteiger partial charge in [-0.2, -0.15) is 5.10 Å². The summed E-state index contributed by atoms with van der Waals surface area (Å²) in [5.74, 6) is 0. The van der Waals surface area contributed by atoms with E-state index in [1.54, 1.807) is 0 Å². The van der Waals surface area contributed by atoms with E-state index >= 15 is 0 Å². The number of aromatic amines is 1. The van der Waals surface area contributed by atoms with Crippen molar-refractivity contribution in [2.45, 2.75) is 13.0 Å². The molecule has 0 saturated heterocycles. The van der Waals surface area contributed by atoms with Crippen LogP contribution >= 0.6 is 0 Å². The molecule has 4 nitrogen and oxygen atoms in total. The van der Waals surface area contributed by atoms with Crippen molar-refractivity contribution in [3.8, 4) is 0 Å². The van der Waals surface area contributed by atoms with Crippen LogP contribution in [-0.4, -0.2) is 24.3 Å². The number of benzene rings is 2. The summed E-state index contributed by atoms with van der Waals surface area (Å²) >= 11 is 0. The Morgan fingerprint density at radius 3 is 2.57 bits per heavy atom. The number of nitrogens with zero attached hydrogens (tertiary/aromatic N) is 2. The third kappa shape index (κ3) is 2.84. The van der Waals surface area contributed by atoms with Crippen molar-refractivity contribution in [1.29, 1.82) is 0 Å². The molecule has 0 spiro atoms. The predicted octanol–water partition coefficient (Wildman–Crippen LogP) is 3.80. The number of nitrogens with one attached hydrogen (secondary N) is 2. The van der Waals surface area contributed by atoms with Gasteiger partial charge in [-0.25, -0.2) is 0 Å². The molecule has 2 N–H and O–H groups in total. The van der Waals surface area contributed by atoms with Gasteiger partial charge < -0.3 is 10.2 Å². The van der Waals surface area contributed by atoms with E-state index in [2.05, 4.69) is 77.8 Å². The summed E-state index contributed by atoms with van der Waals surface area (Å²) in [7, 11) is 4.10. The van der Waals surface area contributed by atoms with Gasteiger partial charge in [-0.1, -0.05) is 12.1 Å². The predicted molar refractivity (Wildman–Crippen MR) is 88.9 cm³/mol. The summed E-state index contributed by atoms with van der Waals surface area (Å²) in [5.41, 5.74) is 4.65. The summed E-state index contributed by atoms with van der Waals surface area (Å²) in [6.07, 6.45) is 1.84. The first-order chi connectivity index (χ1) is 10.1. The molecule has 1 heterocycles. The molecule has 21 heavy (non-hydrogen) atoms. The Kier molecular flexibility index (Phi) is 3.52. The van der Waals surface area contributed by atoms with Gasteiger partial charge in [-0.15, -0.1) is 0 Å². The number of anilines is 2. The average molecular weight is 280 g/mol. The largest absolute Gasteiger partial charge is 0.379 e. The van der Waals surface area contributed by atoms with Crippen LogP contribution in [0.25, 0.3) is 10.9 Å². The number of fused-ring (bicyclic) bond motifs is 1. The molecular weight excluding hydrogens is 260 g/mol. The summed E-state index contributed by atoms with van der Waals surface area (Å²) in [6.45, 7) is 2.17. The maximum absolute atomic E-state index is 4.05. The fraction of sp³-hybridized carbons (Fsp3) is 0.235. The van der Waals surface area contributed by atoms with Crippen molar-refractivity contribution in [1.82, 2.24) is 10.2 Å². The Labute approximate surface area is 124 Å². The van der Waals surface area contributed by atoms with Crippen molar-refractivity contribution in [2.24, 2.45) is 0 Å². The Morgan fingerprint density at radius 2 is 1.86 bits per heavy atom. The molecule has 1 atom stereocenters. The minimum Gasteiger partial charge on any atom is -0.379 e. The molecular formula is C17H20N4. The molecule has 0 fully saturated rings. The summed E-state index contributed by atoms with van der Waals surface area (Å²) in [5, 5.41) is 11.7. The number of aromatic nitrogens is 2. The zero-order valence-corrected chi connectivity index (χ0v) is 12.6. The van der Waals surface area contributed by atoms with E-state index in [-0.39, 0.29) is 6.04 Å². The highest BCUT2D eigenvalue weighted by atomic mass is 15.1. The van der Waals surface area contributed by atoms with Crippen LogP contribution in [0.15, 0.2) is 48.7 Å². The molecule has 0 amide bonds. The molecule has 0 saturated carbocycles. The smallest absolute Gasteiger partial charge is 0.0651 e. The molecule has 0 aliphatic heterocycles. The first-order valence-electron chi connectivity index (χ1n) is 7.10. The van der Waals surface area contributed by atoms with Crippen LogP contribution in [0.5, 0.6) is 0 Å². The van der Waals surface area contributed by atoms with Gasteiger partial charge >= 0.3 is 0 Å². The number of hydrogen-bond acceptors (Lipinski definition) is 3. The molecule has 0 bridgehead atoms. The molecule has 1 aromatic heterocycles. The quantitative estimate of drug-likeness (QED) is 0.764. The van der Waals surface area contributed by atoms with Gasteiger partial charge in [0, 0.05) is 36.9 Å². The van der Waals surface area contributed by atoms with Crippen LogP contribution < -0.4 is 10.2 Å². The maximum atomic E-state index is 4.05. The third-order valence-corrected chi connectivity index (χ3v) is 3.73. The van der Waals surface area contributed by atoms with Crippen LogP contribution in [-0.2, 0) is 0 Å². The van der Waals surface area contributed by atoms with E-state index in [4.69, 9.17) is 0 Å². The van der Waals surface area contributed by atoms with Crippen LogP contribution in [0, 0.1) is 0 Å². The van der Waals surface area contributed by atoms with E-state index in [1.165, 1.54) is 11.3 Å². The number of H-pyrrole nitrogens is 1. The molecule has 0 aliphatic rings. The molecule has 3 rings (SSSR count). The van der Waals surface area contributed by atoms with Gasteiger partial charge in [0.05, 0.1) is 11.7 Å². The van der Waals surface area contributed by atoms with Gasteiger partial charge in [0.15, 0.2) is 0 Å². The summed E-state index contributed by atoms with van der Waals surface area (Å²) in [4.78, 5) is 2.11. The lowest BCUT2D eigenvalue weighted by molar-refractivity contribution is 0.884. The fourth-order valence-corrected chi connectivity index (χ4v) is 2.43. The van der Waals surface area contributed by atoms with Gasteiger partial charge in [0.1, 0.15) is 0 Å². The first kappa shape index (κ1) is 13.5. The molecule has 0 radical (unpaired) electrons. The third-order valence-electron chi connectivity index (χ3n) is 3.73. The van der Waals surface area contributed by atoms with E-state index in [0.717, 1.165) is 16.6 Å². The SMILES string of the molecule is CC(Nc1ccc2[nH]ncc2c1)c1ccc(N(C)C)cc1. The van der Waals surface area contributed by atoms with Crippen LogP contribution in [0.3, 0.4) is 0 Å². The molecule has 108 valence electrons. The Balaban J connectivity index is 1.76. The molecule has 0 aliphatic carbocycles. The first-order valence-corrected chi connectivity index (χ1v) is 7.10. The second-order valence-electron chi connectivity index (χ2n) is 5.52. The van der Waals surface area contributed by atoms with Gasteiger partial charge in [0.25, 0.3) is 0 Å². The highest BCUT2D eigenvalue weighted by molar-refractivity contribution is 5.81. The normalized spacial score (nSPS) is 12.3. The average Bonchev–Trinajstić information content (AvgIpc) is 2.95. The lowest BCUT2D eigenvalue weighted by Crippen LogP contribution is -2.10. The minimum atomic E-state index is 0.255. The van der Waals surface area contributed by atoms with Crippen molar-refractivity contribution in [3.63, 3.8) is 0 Å². The zero-order valence-electron chi connectivity index (χ0n) is 12.6. The van der Waals surface area contributed by atoms with Gasteiger partial charge in [-0.05, 0) is 42.8 Å². The Bertz CT molecular complexity index is 728. The van der Waals surface area contributed by atoms with E-state index < -0.39 is 0 Å². The highest BCUT2D eigenvalue weighted by Gasteiger charge is 2.06. The lowest BCUT2D eigenvalue weighted by Gasteiger charge is -2.18. The topological polar surface area (TPSA) is 44.0 Å². The van der Waals surface area contributed by atoms with E-state index in [9.17, 15) is 0 Å². The van der Waals surface area contributed by atoms with E-state index in [1.807, 2.05) is 12.3 Å². The molecule has 2 aromatic carbocycles. The molecule has 1 unspecified atom stereocenters. The molecule has 4 heteroatoms. The number of hydrogen-bond donors (Lipinski definition) is 2. The Morgan fingerprint density at radius 1 is 1.10 bits per heavy atom. The highest BCUT2D eigenvalue weighted by Crippen LogP contribution is 2.23. The van der Waals surface area contributed by atoms with Crippen LogP contribution in [0.1, 0.15) is 18.5 Å². The van der Waals surface area contributed by atoms with Gasteiger partial charge in [0.2, 0.25) is 0 Å². The standard InChI is InChI=1S/C17H20N4/c1-12(13-4-7-16(8-5-13)21(2)3)19-15-6-9-17-14(10-15)11-18-20-17/h4-12,19H,1-3H3,(H,18,20). The Hall–Kier alpha value is -2.49. The monoisotopic (exact) mass is 280 g/mol. The summed E-state index contributed by atoms with van der Waals surface area (Å²) < 4.78 is 0. The van der Waals surface area contributed by atoms with Crippen LogP contribution in [0.4, 0.5) is 11.4 Å². The maximum Gasteiger partial charge on any atom is 0.0651 e. The second kappa shape index (κ2) is 5.48. The van der Waals surface area contributed by atoms with E-state index in [0.29, 0.717) is 0 Å². The lowest BCUT2D eigenvalue weighted by atomic mass is 10.1.